The van der Waals surface area contributed by atoms with Gasteiger partial charge in [0.1, 0.15) is 11.5 Å². The van der Waals surface area contributed by atoms with Crippen LogP contribution in [0.2, 0.25) is 0 Å². The number of nitrogens with two attached hydrogens (primary N) is 2. The van der Waals surface area contributed by atoms with Gasteiger partial charge in [0, 0.05) is 29.1 Å². The maximum absolute atomic E-state index is 14.6. The summed E-state index contributed by atoms with van der Waals surface area (Å²) in [6, 6.07) is 14.3. The van der Waals surface area contributed by atoms with Crippen molar-refractivity contribution in [2.24, 2.45) is 23.7 Å². The fourth-order valence-electron chi connectivity index (χ4n) is 6.82. The van der Waals surface area contributed by atoms with Gasteiger partial charge in [0.15, 0.2) is 23.1 Å². The predicted molar refractivity (Wildman–Crippen MR) is 128 cm³/mol. The van der Waals surface area contributed by atoms with Gasteiger partial charge in [-0.2, -0.15) is 0 Å². The minimum Gasteiger partial charge on any atom is -0.454 e. The van der Waals surface area contributed by atoms with E-state index in [1.165, 1.54) is 50.3 Å². The number of benzene rings is 3. The van der Waals surface area contributed by atoms with E-state index in [4.69, 9.17) is 20.9 Å². The molecular weight excluding hydrogens is 434 g/mol. The number of hydrogen-bond donors (Lipinski definition) is 2. The molecule has 0 saturated heterocycles. The fourth-order valence-corrected chi connectivity index (χ4v) is 6.82. The van der Waals surface area contributed by atoms with E-state index in [0.717, 1.165) is 17.4 Å². The van der Waals surface area contributed by atoms with E-state index in [0.29, 0.717) is 40.6 Å². The first-order chi connectivity index (χ1) is 16.4. The maximum atomic E-state index is 14.6. The molecule has 0 spiro atoms. The Labute approximate surface area is 197 Å². The molecule has 3 aromatic rings. The number of nitrogen functional groups attached to an aromatic ring is 2. The van der Waals surface area contributed by atoms with Gasteiger partial charge >= 0.3 is 0 Å². The lowest BCUT2D eigenvalue weighted by Crippen LogP contribution is -2.43. The molecular formula is C28H28F2N2O2. The second-order valence-corrected chi connectivity index (χ2v) is 10.2. The molecule has 0 radical (unpaired) electrons. The zero-order chi connectivity index (χ0) is 23.4. The standard InChI is InChI=1S/C28H28F2N2O2/c29-23-12-19(31)1-4-26(23)33-21-3-6-25(34-27-5-2-20(32)13-24(27)30)22(14-21)28-17-8-15-7-16(10-17)11-18(28)9-15/h1-6,12-18,28H,7-11,31-32H2. The lowest BCUT2D eigenvalue weighted by atomic mass is 9.50. The number of halogens is 2. The molecule has 0 unspecified atom stereocenters. The van der Waals surface area contributed by atoms with Crippen LogP contribution in [0.25, 0.3) is 0 Å². The van der Waals surface area contributed by atoms with Crippen molar-refractivity contribution in [2.75, 3.05) is 11.5 Å². The molecule has 0 atom stereocenters. The Morgan fingerprint density at radius 2 is 1.15 bits per heavy atom. The molecule has 4 nitrogen and oxygen atoms in total. The molecule has 0 heterocycles. The molecule has 4 aliphatic carbocycles. The molecule has 7 rings (SSSR count). The summed E-state index contributed by atoms with van der Waals surface area (Å²) in [5.74, 6) is 3.50. The number of hydrogen-bond acceptors (Lipinski definition) is 4. The number of anilines is 2. The quantitative estimate of drug-likeness (QED) is 0.392. The van der Waals surface area contributed by atoms with E-state index in [1.54, 1.807) is 30.3 Å². The minimum atomic E-state index is -0.513. The highest BCUT2D eigenvalue weighted by Gasteiger charge is 2.49. The van der Waals surface area contributed by atoms with Gasteiger partial charge in [0.05, 0.1) is 0 Å². The van der Waals surface area contributed by atoms with Crippen molar-refractivity contribution in [2.45, 2.75) is 38.0 Å². The highest BCUT2D eigenvalue weighted by Crippen LogP contribution is 2.61. The molecule has 3 aromatic carbocycles. The number of ether oxygens (including phenoxy) is 2. The molecule has 0 aliphatic heterocycles. The average molecular weight is 463 g/mol. The minimum absolute atomic E-state index is 0.114. The smallest absolute Gasteiger partial charge is 0.167 e. The third-order valence-corrected chi connectivity index (χ3v) is 7.93. The zero-order valence-corrected chi connectivity index (χ0v) is 18.8. The Hall–Kier alpha value is -3.28. The van der Waals surface area contributed by atoms with Crippen molar-refractivity contribution in [1.29, 1.82) is 0 Å². The van der Waals surface area contributed by atoms with Crippen molar-refractivity contribution in [3.8, 4) is 23.0 Å². The van der Waals surface area contributed by atoms with Crippen molar-refractivity contribution >= 4 is 11.4 Å². The Kier molecular flexibility index (Phi) is 5.12. The van der Waals surface area contributed by atoms with Gasteiger partial charge in [0.2, 0.25) is 0 Å². The molecule has 6 heteroatoms. The van der Waals surface area contributed by atoms with Gasteiger partial charge in [-0.05, 0) is 104 Å². The first-order valence-corrected chi connectivity index (χ1v) is 12.0. The van der Waals surface area contributed by atoms with Crippen molar-refractivity contribution in [3.63, 3.8) is 0 Å². The first-order valence-electron chi connectivity index (χ1n) is 12.0. The van der Waals surface area contributed by atoms with Crippen LogP contribution in [0.15, 0.2) is 54.6 Å². The van der Waals surface area contributed by atoms with Crippen LogP contribution in [0, 0.1) is 35.3 Å². The molecule has 0 aromatic heterocycles. The van der Waals surface area contributed by atoms with E-state index in [1.807, 2.05) is 6.07 Å². The van der Waals surface area contributed by atoms with Crippen LogP contribution < -0.4 is 20.9 Å². The van der Waals surface area contributed by atoms with Crippen LogP contribution >= 0.6 is 0 Å². The Balaban J connectivity index is 1.38. The van der Waals surface area contributed by atoms with Crippen LogP contribution in [-0.4, -0.2) is 0 Å². The van der Waals surface area contributed by atoms with Crippen LogP contribution in [0.1, 0.15) is 43.6 Å². The van der Waals surface area contributed by atoms with Gasteiger partial charge in [-0.3, -0.25) is 0 Å². The molecule has 4 saturated carbocycles. The summed E-state index contributed by atoms with van der Waals surface area (Å²) in [5, 5.41) is 0. The number of rotatable bonds is 5. The largest absolute Gasteiger partial charge is 0.454 e. The van der Waals surface area contributed by atoms with Gasteiger partial charge in [-0.25, -0.2) is 8.78 Å². The van der Waals surface area contributed by atoms with Crippen LogP contribution in [0.5, 0.6) is 23.0 Å². The monoisotopic (exact) mass is 462 g/mol. The van der Waals surface area contributed by atoms with E-state index in [9.17, 15) is 8.78 Å². The Bertz CT molecular complexity index is 1220. The summed E-state index contributed by atoms with van der Waals surface area (Å²) in [5.41, 5.74) is 13.1. The van der Waals surface area contributed by atoms with Crippen LogP contribution in [0.3, 0.4) is 0 Å². The van der Waals surface area contributed by atoms with Gasteiger partial charge in [0.25, 0.3) is 0 Å². The normalized spacial score (nSPS) is 27.1. The summed E-state index contributed by atoms with van der Waals surface area (Å²) in [6.07, 6.45) is 6.27. The van der Waals surface area contributed by atoms with Gasteiger partial charge in [-0.1, -0.05) is 0 Å². The molecule has 4 fully saturated rings. The molecule has 0 amide bonds. The third-order valence-electron chi connectivity index (χ3n) is 7.93. The van der Waals surface area contributed by atoms with E-state index >= 15 is 0 Å². The van der Waals surface area contributed by atoms with Crippen molar-refractivity contribution in [1.82, 2.24) is 0 Å². The highest BCUT2D eigenvalue weighted by atomic mass is 19.1. The topological polar surface area (TPSA) is 70.5 Å². The summed E-state index contributed by atoms with van der Waals surface area (Å²) < 4.78 is 41.0. The summed E-state index contributed by atoms with van der Waals surface area (Å²) in [6.45, 7) is 0. The Morgan fingerprint density at radius 1 is 0.618 bits per heavy atom. The summed E-state index contributed by atoms with van der Waals surface area (Å²) >= 11 is 0. The van der Waals surface area contributed by atoms with E-state index < -0.39 is 11.6 Å². The molecule has 4 aliphatic rings. The highest BCUT2D eigenvalue weighted by molar-refractivity contribution is 5.50. The fraction of sp³-hybridized carbons (Fsp3) is 0.357. The third kappa shape index (κ3) is 3.85. The lowest BCUT2D eigenvalue weighted by molar-refractivity contribution is -0.00341. The second-order valence-electron chi connectivity index (χ2n) is 10.2. The average Bonchev–Trinajstić information content (AvgIpc) is 2.78. The maximum Gasteiger partial charge on any atom is 0.167 e. The second kappa shape index (κ2) is 8.19. The van der Waals surface area contributed by atoms with E-state index in [2.05, 4.69) is 0 Å². The molecule has 4 bridgehead atoms. The molecule has 176 valence electrons. The Morgan fingerprint density at radius 3 is 1.71 bits per heavy atom. The van der Waals surface area contributed by atoms with Gasteiger partial charge < -0.3 is 20.9 Å². The first kappa shape index (κ1) is 21.3. The lowest BCUT2D eigenvalue weighted by Gasteiger charge is -2.54. The summed E-state index contributed by atoms with van der Waals surface area (Å²) in [7, 11) is 0. The van der Waals surface area contributed by atoms with E-state index in [-0.39, 0.29) is 11.5 Å². The van der Waals surface area contributed by atoms with Crippen molar-refractivity contribution < 1.29 is 18.3 Å². The zero-order valence-electron chi connectivity index (χ0n) is 18.8. The van der Waals surface area contributed by atoms with Crippen LogP contribution in [0.4, 0.5) is 20.2 Å². The van der Waals surface area contributed by atoms with Crippen LogP contribution in [-0.2, 0) is 0 Å². The van der Waals surface area contributed by atoms with Gasteiger partial charge in [-0.15, -0.1) is 0 Å². The SMILES string of the molecule is Nc1ccc(Oc2ccc(Oc3ccc(N)cc3F)c(C3C4CC5CC(C4)CC3C5)c2)c(F)c1. The predicted octanol–water partition coefficient (Wildman–Crippen LogP) is 7.25. The molecule has 34 heavy (non-hydrogen) atoms. The molecule has 4 N–H and O–H groups in total. The van der Waals surface area contributed by atoms with Crippen molar-refractivity contribution in [3.05, 3.63) is 71.8 Å². The summed E-state index contributed by atoms with van der Waals surface area (Å²) in [4.78, 5) is 0.